The van der Waals surface area contributed by atoms with Crippen LogP contribution < -0.4 is 4.90 Å². The van der Waals surface area contributed by atoms with Crippen molar-refractivity contribution in [1.82, 2.24) is 9.88 Å². The summed E-state index contributed by atoms with van der Waals surface area (Å²) in [6.07, 6.45) is 7.62. The van der Waals surface area contributed by atoms with Crippen LogP contribution in [-0.2, 0) is 11.3 Å². The number of aromatic nitrogens is 1. The zero-order chi connectivity index (χ0) is 16.7. The van der Waals surface area contributed by atoms with Gasteiger partial charge in [-0.05, 0) is 32.1 Å². The molecule has 2 unspecified atom stereocenters. The van der Waals surface area contributed by atoms with E-state index in [0.29, 0.717) is 12.0 Å². The van der Waals surface area contributed by atoms with E-state index >= 15 is 0 Å². The Morgan fingerprint density at radius 1 is 1.42 bits per heavy atom. The van der Waals surface area contributed by atoms with Crippen molar-refractivity contribution in [3.05, 3.63) is 11.1 Å². The minimum Gasteiger partial charge on any atom is -0.390 e. The minimum absolute atomic E-state index is 0.101. The van der Waals surface area contributed by atoms with Crippen molar-refractivity contribution in [3.63, 3.8) is 0 Å². The third kappa shape index (κ3) is 3.24. The Bertz CT molecular complexity index is 615. The Morgan fingerprint density at radius 3 is 3.00 bits per heavy atom. The van der Waals surface area contributed by atoms with E-state index in [2.05, 4.69) is 10.3 Å². The molecule has 24 heavy (non-hydrogen) atoms. The van der Waals surface area contributed by atoms with Crippen LogP contribution in [0.5, 0.6) is 0 Å². The second-order valence-corrected chi connectivity index (χ2v) is 8.61. The van der Waals surface area contributed by atoms with Crippen molar-refractivity contribution in [2.75, 3.05) is 18.0 Å². The number of fused-ring (bicyclic) bond motifs is 1. The predicted molar refractivity (Wildman–Crippen MR) is 95.1 cm³/mol. The third-order valence-electron chi connectivity index (χ3n) is 5.89. The maximum Gasteiger partial charge on any atom is 0.225 e. The van der Waals surface area contributed by atoms with Crippen molar-refractivity contribution < 1.29 is 9.90 Å². The Hall–Kier alpha value is -0.980. The van der Waals surface area contributed by atoms with Gasteiger partial charge in [0.2, 0.25) is 5.91 Å². The van der Waals surface area contributed by atoms with E-state index in [1.165, 1.54) is 12.8 Å². The minimum atomic E-state index is -0.417. The van der Waals surface area contributed by atoms with Gasteiger partial charge in [-0.3, -0.25) is 14.6 Å². The van der Waals surface area contributed by atoms with E-state index in [1.54, 1.807) is 18.3 Å². The fraction of sp³-hybridized carbons (Fsp3) is 0.778. The topological polar surface area (TPSA) is 56.7 Å². The molecule has 3 fully saturated rings. The first-order valence-corrected chi connectivity index (χ1v) is 10.1. The summed E-state index contributed by atoms with van der Waals surface area (Å²) in [4.78, 5) is 20.9. The molecule has 1 aromatic rings. The quantitative estimate of drug-likeness (QED) is 0.908. The van der Waals surface area contributed by atoms with Gasteiger partial charge in [0.1, 0.15) is 0 Å². The van der Waals surface area contributed by atoms with Crippen LogP contribution in [0.15, 0.2) is 5.38 Å². The first-order chi connectivity index (χ1) is 11.5. The number of aliphatic hydroxyl groups is 1. The molecule has 1 amide bonds. The van der Waals surface area contributed by atoms with Gasteiger partial charge < -0.3 is 5.11 Å². The van der Waals surface area contributed by atoms with Crippen LogP contribution in [0.25, 0.3) is 0 Å². The van der Waals surface area contributed by atoms with Crippen molar-refractivity contribution in [1.29, 1.82) is 0 Å². The van der Waals surface area contributed by atoms with Crippen molar-refractivity contribution >= 4 is 22.4 Å². The summed E-state index contributed by atoms with van der Waals surface area (Å²) in [5.41, 5.74) is 0.641. The molecule has 1 saturated heterocycles. The van der Waals surface area contributed by atoms with Gasteiger partial charge in [-0.15, -0.1) is 11.3 Å². The number of thiazole rings is 1. The summed E-state index contributed by atoms with van der Waals surface area (Å²) >= 11 is 1.58. The SMILES string of the molecule is CC(=O)N(c1nc(CN2CCC3(O)CCCCC3C2)cs1)C1CC1. The van der Waals surface area contributed by atoms with Crippen LogP contribution in [0.2, 0.25) is 0 Å². The molecule has 1 aromatic heterocycles. The molecule has 2 atom stereocenters. The van der Waals surface area contributed by atoms with Gasteiger partial charge in [0.15, 0.2) is 5.13 Å². The van der Waals surface area contributed by atoms with Crippen molar-refractivity contribution in [3.8, 4) is 0 Å². The second kappa shape index (κ2) is 6.39. The number of piperidine rings is 1. The van der Waals surface area contributed by atoms with Gasteiger partial charge in [0.25, 0.3) is 0 Å². The normalized spacial score (nSPS) is 30.8. The van der Waals surface area contributed by atoms with Crippen molar-refractivity contribution in [2.45, 2.75) is 70.1 Å². The van der Waals surface area contributed by atoms with Crippen molar-refractivity contribution in [2.24, 2.45) is 5.92 Å². The molecule has 1 aliphatic heterocycles. The summed E-state index contributed by atoms with van der Waals surface area (Å²) in [6, 6.07) is 0.369. The number of amides is 1. The molecule has 4 rings (SSSR count). The van der Waals surface area contributed by atoms with Crippen LogP contribution in [-0.4, -0.2) is 45.6 Å². The van der Waals surface area contributed by atoms with E-state index in [1.807, 2.05) is 4.90 Å². The highest BCUT2D eigenvalue weighted by molar-refractivity contribution is 7.14. The Kier molecular flexibility index (Phi) is 4.39. The maximum absolute atomic E-state index is 11.9. The van der Waals surface area contributed by atoms with Gasteiger partial charge in [-0.2, -0.15) is 0 Å². The Balaban J connectivity index is 1.40. The lowest BCUT2D eigenvalue weighted by molar-refractivity contribution is -0.116. The highest BCUT2D eigenvalue weighted by atomic mass is 32.1. The largest absolute Gasteiger partial charge is 0.390 e. The van der Waals surface area contributed by atoms with Gasteiger partial charge in [-0.25, -0.2) is 4.98 Å². The Morgan fingerprint density at radius 2 is 2.25 bits per heavy atom. The fourth-order valence-corrected chi connectivity index (χ4v) is 5.30. The van der Waals surface area contributed by atoms with E-state index in [4.69, 9.17) is 4.98 Å². The molecule has 1 N–H and O–H groups in total. The average molecular weight is 350 g/mol. The van der Waals surface area contributed by atoms with E-state index < -0.39 is 5.60 Å². The van der Waals surface area contributed by atoms with E-state index in [-0.39, 0.29) is 5.91 Å². The fourth-order valence-electron chi connectivity index (χ4n) is 4.37. The number of likely N-dealkylation sites (tertiary alicyclic amines) is 1. The monoisotopic (exact) mass is 349 g/mol. The molecule has 5 nitrogen and oxygen atoms in total. The van der Waals surface area contributed by atoms with Gasteiger partial charge in [0.05, 0.1) is 11.3 Å². The smallest absolute Gasteiger partial charge is 0.225 e. The maximum atomic E-state index is 11.9. The molecule has 0 radical (unpaired) electrons. The standard InChI is InChI=1S/C18H27N3O2S/c1-13(22)21(16-5-6-16)17-19-15(12-24-17)11-20-9-8-18(23)7-3-2-4-14(18)10-20/h12,14,16,23H,2-11H2,1H3. The molecular weight excluding hydrogens is 322 g/mol. The summed E-state index contributed by atoms with van der Waals surface area (Å²) in [5, 5.41) is 13.7. The predicted octanol–water partition coefficient (Wildman–Crippen LogP) is 2.79. The van der Waals surface area contributed by atoms with E-state index in [0.717, 1.165) is 62.6 Å². The molecule has 132 valence electrons. The summed E-state index contributed by atoms with van der Waals surface area (Å²) in [6.45, 7) is 4.38. The van der Waals surface area contributed by atoms with Crippen LogP contribution in [0.1, 0.15) is 57.6 Å². The number of carbonyl (C=O) groups is 1. The number of hydrogen-bond acceptors (Lipinski definition) is 5. The van der Waals surface area contributed by atoms with Crippen LogP contribution >= 0.6 is 11.3 Å². The third-order valence-corrected chi connectivity index (χ3v) is 6.78. The summed E-state index contributed by atoms with van der Waals surface area (Å²) in [7, 11) is 0. The number of anilines is 1. The Labute approximate surface area is 147 Å². The molecule has 2 saturated carbocycles. The number of rotatable bonds is 4. The zero-order valence-corrected chi connectivity index (χ0v) is 15.2. The molecule has 6 heteroatoms. The van der Waals surface area contributed by atoms with Crippen LogP contribution in [0, 0.1) is 5.92 Å². The first kappa shape index (κ1) is 16.5. The lowest BCUT2D eigenvalue weighted by atomic mass is 9.71. The van der Waals surface area contributed by atoms with Gasteiger partial charge >= 0.3 is 0 Å². The molecule has 0 aromatic carbocycles. The number of hydrogen-bond donors (Lipinski definition) is 1. The van der Waals surface area contributed by atoms with Crippen LogP contribution in [0.3, 0.4) is 0 Å². The highest BCUT2D eigenvalue weighted by Crippen LogP contribution is 2.40. The summed E-state index contributed by atoms with van der Waals surface area (Å²) in [5.74, 6) is 0.516. The molecule has 2 heterocycles. The van der Waals surface area contributed by atoms with Gasteiger partial charge in [0, 0.05) is 43.9 Å². The molecule has 0 spiro atoms. The summed E-state index contributed by atoms with van der Waals surface area (Å²) < 4.78 is 0. The lowest BCUT2D eigenvalue weighted by Gasteiger charge is -2.47. The molecule has 3 aliphatic rings. The number of nitrogens with zero attached hydrogens (tertiary/aromatic N) is 3. The van der Waals surface area contributed by atoms with Crippen LogP contribution in [0.4, 0.5) is 5.13 Å². The number of carbonyl (C=O) groups excluding carboxylic acids is 1. The molecule has 2 aliphatic carbocycles. The highest BCUT2D eigenvalue weighted by Gasteiger charge is 2.42. The second-order valence-electron chi connectivity index (χ2n) is 7.77. The van der Waals surface area contributed by atoms with Gasteiger partial charge in [-0.1, -0.05) is 12.8 Å². The zero-order valence-electron chi connectivity index (χ0n) is 14.4. The van der Waals surface area contributed by atoms with E-state index in [9.17, 15) is 9.90 Å². The average Bonchev–Trinajstić information content (AvgIpc) is 3.27. The molecular formula is C18H27N3O2S. The lowest BCUT2D eigenvalue weighted by Crippen LogP contribution is -2.52. The molecule has 0 bridgehead atoms. The first-order valence-electron chi connectivity index (χ1n) is 9.24.